The van der Waals surface area contributed by atoms with Gasteiger partial charge in [0.1, 0.15) is 5.84 Å². The quantitative estimate of drug-likeness (QED) is 0.339. The number of carbonyl (C=O) groups is 3. The number of hydrogen-bond donors (Lipinski definition) is 5. The maximum atomic E-state index is 12.0. The number of nitrogens with two attached hydrogens (primary N) is 3. The van der Waals surface area contributed by atoms with Gasteiger partial charge in [-0.25, -0.2) is 0 Å². The third-order valence-electron chi connectivity index (χ3n) is 3.83. The van der Waals surface area contributed by atoms with Gasteiger partial charge in [0.2, 0.25) is 11.8 Å². The number of anilines is 1. The molecule has 1 aliphatic heterocycles. The first-order valence-electron chi connectivity index (χ1n) is 8.42. The van der Waals surface area contributed by atoms with Gasteiger partial charge in [0.15, 0.2) is 6.04 Å². The van der Waals surface area contributed by atoms with Gasteiger partial charge in [0.25, 0.3) is 5.91 Å². The number of rotatable bonds is 9. The molecule has 0 saturated heterocycles. The smallest absolute Gasteiger partial charge is 0.251 e. The molecule has 0 radical (unpaired) electrons. The number of aliphatic imine (C=N–C) groups is 2. The molecular weight excluding hydrogens is 350 g/mol. The van der Waals surface area contributed by atoms with Crippen LogP contribution in [0.4, 0.5) is 5.69 Å². The zero-order valence-corrected chi connectivity index (χ0v) is 14.8. The maximum absolute atomic E-state index is 12.0. The molecular formula is C17H23N7O3. The van der Waals surface area contributed by atoms with E-state index in [1.165, 1.54) is 0 Å². The van der Waals surface area contributed by atoms with Crippen LogP contribution in [0.3, 0.4) is 0 Å². The monoisotopic (exact) mass is 373 g/mol. The van der Waals surface area contributed by atoms with E-state index in [2.05, 4.69) is 20.6 Å². The third-order valence-corrected chi connectivity index (χ3v) is 3.83. The molecule has 10 nitrogen and oxygen atoms in total. The number of primary amides is 2. The van der Waals surface area contributed by atoms with E-state index in [-0.39, 0.29) is 18.2 Å². The summed E-state index contributed by atoms with van der Waals surface area (Å²) in [5.74, 6) is -1.13. The fraction of sp³-hybridized carbons (Fsp3) is 0.353. The van der Waals surface area contributed by atoms with Crippen LogP contribution in [0.2, 0.25) is 0 Å². The minimum Gasteiger partial charge on any atom is -0.385 e. The summed E-state index contributed by atoms with van der Waals surface area (Å²) < 4.78 is 0. The van der Waals surface area contributed by atoms with Crippen molar-refractivity contribution >= 4 is 35.0 Å². The predicted octanol–water partition coefficient (Wildman–Crippen LogP) is -1.24. The Morgan fingerprint density at radius 2 is 1.85 bits per heavy atom. The average molecular weight is 373 g/mol. The van der Waals surface area contributed by atoms with Gasteiger partial charge in [-0.3, -0.25) is 24.4 Å². The van der Waals surface area contributed by atoms with E-state index in [0.29, 0.717) is 37.3 Å². The van der Waals surface area contributed by atoms with Gasteiger partial charge < -0.3 is 27.8 Å². The van der Waals surface area contributed by atoms with Crippen molar-refractivity contribution in [3.8, 4) is 0 Å². The lowest BCUT2D eigenvalue weighted by Gasteiger charge is -2.17. The molecule has 0 fully saturated rings. The summed E-state index contributed by atoms with van der Waals surface area (Å²) in [4.78, 5) is 42.2. The summed E-state index contributed by atoms with van der Waals surface area (Å²) in [5, 5.41) is 5.86. The lowest BCUT2D eigenvalue weighted by atomic mass is 10.1. The Kier molecular flexibility index (Phi) is 6.86. The van der Waals surface area contributed by atoms with E-state index in [4.69, 9.17) is 17.2 Å². The van der Waals surface area contributed by atoms with Gasteiger partial charge in [-0.05, 0) is 30.7 Å². The lowest BCUT2D eigenvalue weighted by Crippen LogP contribution is -2.43. The normalized spacial score (nSPS) is 16.1. The van der Waals surface area contributed by atoms with Gasteiger partial charge in [-0.1, -0.05) is 0 Å². The van der Waals surface area contributed by atoms with Crippen LogP contribution < -0.4 is 27.8 Å². The number of carbonyl (C=O) groups excluding carboxylic acids is 3. The molecule has 1 unspecified atom stereocenters. The molecule has 27 heavy (non-hydrogen) atoms. The largest absolute Gasteiger partial charge is 0.385 e. The first-order chi connectivity index (χ1) is 12.9. The molecule has 3 amide bonds. The Bertz CT molecular complexity index is 771. The second kappa shape index (κ2) is 9.32. The second-order valence-corrected chi connectivity index (χ2v) is 6.00. The van der Waals surface area contributed by atoms with Crippen molar-refractivity contribution in [2.24, 2.45) is 27.2 Å². The summed E-state index contributed by atoms with van der Waals surface area (Å²) >= 11 is 0. The topological polar surface area (TPSA) is 178 Å². The molecule has 0 bridgehead atoms. The van der Waals surface area contributed by atoms with Crippen molar-refractivity contribution in [3.63, 3.8) is 0 Å². The molecule has 10 heteroatoms. The molecule has 144 valence electrons. The van der Waals surface area contributed by atoms with Crippen LogP contribution in [0.5, 0.6) is 0 Å². The first kappa shape index (κ1) is 19.9. The molecule has 2 rings (SSSR count). The van der Waals surface area contributed by atoms with Crippen LogP contribution in [-0.4, -0.2) is 54.9 Å². The number of amidine groups is 1. The van der Waals surface area contributed by atoms with E-state index >= 15 is 0 Å². The van der Waals surface area contributed by atoms with E-state index in [1.807, 2.05) is 0 Å². The molecule has 1 aliphatic rings. The lowest BCUT2D eigenvalue weighted by molar-refractivity contribution is -0.118. The summed E-state index contributed by atoms with van der Waals surface area (Å²) in [6.07, 6.45) is 0.738. The van der Waals surface area contributed by atoms with Crippen molar-refractivity contribution in [3.05, 3.63) is 29.8 Å². The molecule has 1 heterocycles. The molecule has 0 aromatic heterocycles. The highest BCUT2D eigenvalue weighted by atomic mass is 16.2. The van der Waals surface area contributed by atoms with Crippen LogP contribution in [0.25, 0.3) is 0 Å². The van der Waals surface area contributed by atoms with Crippen molar-refractivity contribution in [2.75, 3.05) is 25.0 Å². The minimum atomic E-state index is -0.920. The van der Waals surface area contributed by atoms with Crippen LogP contribution in [0, 0.1) is 0 Å². The molecule has 0 saturated carbocycles. The van der Waals surface area contributed by atoms with E-state index < -0.39 is 17.9 Å². The van der Waals surface area contributed by atoms with Crippen LogP contribution in [-0.2, 0) is 9.59 Å². The molecule has 0 spiro atoms. The number of nitrogens with zero attached hydrogens (tertiary/aromatic N) is 2. The van der Waals surface area contributed by atoms with E-state index in [9.17, 15) is 14.4 Å². The SMILES string of the molecule is NC(=O)CCCNC(=O)c1ccc(NCC2=NC(C(N)=O)C(N)=NC2)cc1. The average Bonchev–Trinajstić information content (AvgIpc) is 2.64. The standard InChI is InChI=1S/C17H23N7O3/c18-13(25)2-1-7-21-17(27)10-3-5-11(6-4-10)22-8-12-9-23-15(19)14(24-12)16(20)26/h3-6,14,22H,1-2,7-9H2,(H2,18,25)(H2,19,23)(H2,20,26)(H,21,27). The Balaban J connectivity index is 1.83. The molecule has 0 aliphatic carbocycles. The van der Waals surface area contributed by atoms with Crippen LogP contribution >= 0.6 is 0 Å². The second-order valence-electron chi connectivity index (χ2n) is 6.00. The summed E-state index contributed by atoms with van der Waals surface area (Å²) in [7, 11) is 0. The first-order valence-corrected chi connectivity index (χ1v) is 8.42. The zero-order valence-electron chi connectivity index (χ0n) is 14.8. The highest BCUT2D eigenvalue weighted by Gasteiger charge is 2.22. The zero-order chi connectivity index (χ0) is 19.8. The van der Waals surface area contributed by atoms with Crippen molar-refractivity contribution in [1.29, 1.82) is 0 Å². The number of hydrogen-bond acceptors (Lipinski definition) is 7. The molecule has 1 atom stereocenters. The molecule has 1 aromatic carbocycles. The van der Waals surface area contributed by atoms with Crippen molar-refractivity contribution in [2.45, 2.75) is 18.9 Å². The fourth-order valence-electron chi connectivity index (χ4n) is 2.38. The van der Waals surface area contributed by atoms with E-state index in [1.54, 1.807) is 24.3 Å². The number of nitrogens with one attached hydrogen (secondary N) is 2. The predicted molar refractivity (Wildman–Crippen MR) is 103 cm³/mol. The van der Waals surface area contributed by atoms with Gasteiger partial charge in [-0.15, -0.1) is 0 Å². The number of benzene rings is 1. The Morgan fingerprint density at radius 1 is 1.15 bits per heavy atom. The van der Waals surface area contributed by atoms with Crippen LogP contribution in [0.15, 0.2) is 34.3 Å². The van der Waals surface area contributed by atoms with Gasteiger partial charge in [-0.2, -0.15) is 0 Å². The third kappa shape index (κ3) is 6.10. The Hall–Kier alpha value is -3.43. The van der Waals surface area contributed by atoms with Gasteiger partial charge in [0, 0.05) is 24.2 Å². The maximum Gasteiger partial charge on any atom is 0.251 e. The Labute approximate surface area is 156 Å². The summed E-state index contributed by atoms with van der Waals surface area (Å²) in [5.41, 5.74) is 17.8. The Morgan fingerprint density at radius 3 is 2.48 bits per heavy atom. The molecule has 1 aromatic rings. The van der Waals surface area contributed by atoms with E-state index in [0.717, 1.165) is 5.69 Å². The summed E-state index contributed by atoms with van der Waals surface area (Å²) in [6, 6.07) is 5.94. The fourth-order valence-corrected chi connectivity index (χ4v) is 2.38. The number of amides is 3. The highest BCUT2D eigenvalue weighted by molar-refractivity contribution is 6.10. The molecule has 8 N–H and O–H groups in total. The highest BCUT2D eigenvalue weighted by Crippen LogP contribution is 2.10. The van der Waals surface area contributed by atoms with Crippen LogP contribution in [0.1, 0.15) is 23.2 Å². The van der Waals surface area contributed by atoms with Crippen molar-refractivity contribution < 1.29 is 14.4 Å². The van der Waals surface area contributed by atoms with Crippen molar-refractivity contribution in [1.82, 2.24) is 5.32 Å². The van der Waals surface area contributed by atoms with Gasteiger partial charge in [0.05, 0.1) is 18.8 Å². The van der Waals surface area contributed by atoms with Gasteiger partial charge >= 0.3 is 0 Å². The minimum absolute atomic E-state index is 0.123. The summed E-state index contributed by atoms with van der Waals surface area (Å²) in [6.45, 7) is 1.06.